The summed E-state index contributed by atoms with van der Waals surface area (Å²) < 4.78 is 17.7. The minimum atomic E-state index is -0.650. The van der Waals surface area contributed by atoms with Crippen LogP contribution in [0.1, 0.15) is 38.8 Å². The maximum absolute atomic E-state index is 12.2. The molecule has 0 fully saturated rings. The standard InChI is InChI=1S/C30H39NO5/c1-5-31(6-2)20-28(24(3)32)18-13-19-29(35-22-27-16-11-8-12-17-27)30(36-25(4)33)23-34-21-26-14-9-7-10-15-26/h7-19,29-30H,5-6,20-23H2,1-4H3/b19-13+,28-18+/t29-,30-/m0/s1. The van der Waals surface area contributed by atoms with Crippen molar-refractivity contribution in [3.05, 3.63) is 95.6 Å². The molecular weight excluding hydrogens is 454 g/mol. The van der Waals surface area contributed by atoms with Crippen LogP contribution >= 0.6 is 0 Å². The van der Waals surface area contributed by atoms with E-state index in [-0.39, 0.29) is 12.4 Å². The zero-order chi connectivity index (χ0) is 26.2. The Morgan fingerprint density at radius 2 is 1.47 bits per heavy atom. The van der Waals surface area contributed by atoms with Gasteiger partial charge in [0, 0.05) is 19.0 Å². The summed E-state index contributed by atoms with van der Waals surface area (Å²) in [6.45, 7) is 10.3. The van der Waals surface area contributed by atoms with E-state index in [2.05, 4.69) is 18.7 Å². The molecule has 0 bridgehead atoms. The van der Waals surface area contributed by atoms with Crippen molar-refractivity contribution in [1.29, 1.82) is 0 Å². The molecule has 194 valence electrons. The van der Waals surface area contributed by atoms with Crippen LogP contribution in [0.3, 0.4) is 0 Å². The van der Waals surface area contributed by atoms with E-state index in [9.17, 15) is 9.59 Å². The van der Waals surface area contributed by atoms with Crippen molar-refractivity contribution >= 4 is 11.8 Å². The number of ether oxygens (including phenoxy) is 3. The number of likely N-dealkylation sites (N-methyl/N-ethyl adjacent to an activating group) is 1. The van der Waals surface area contributed by atoms with Crippen LogP contribution in [0.5, 0.6) is 0 Å². The molecule has 0 aliphatic heterocycles. The summed E-state index contributed by atoms with van der Waals surface area (Å²) in [5.74, 6) is -0.387. The highest BCUT2D eigenvalue weighted by atomic mass is 16.6. The molecule has 0 N–H and O–H groups in total. The van der Waals surface area contributed by atoms with E-state index in [1.165, 1.54) is 6.92 Å². The van der Waals surface area contributed by atoms with E-state index in [0.717, 1.165) is 24.2 Å². The average molecular weight is 494 g/mol. The number of hydrogen-bond donors (Lipinski definition) is 0. The summed E-state index contributed by atoms with van der Waals surface area (Å²) in [4.78, 5) is 26.3. The van der Waals surface area contributed by atoms with Gasteiger partial charge in [-0.15, -0.1) is 0 Å². The SMILES string of the molecule is CCN(CC)C/C(=C\C=C\[C@H](OCc1ccccc1)[C@H](COCc1ccccc1)OC(C)=O)C(C)=O. The molecule has 0 unspecified atom stereocenters. The van der Waals surface area contributed by atoms with Crippen LogP contribution in [0, 0.1) is 0 Å². The average Bonchev–Trinajstić information content (AvgIpc) is 2.88. The largest absolute Gasteiger partial charge is 0.457 e. The van der Waals surface area contributed by atoms with Gasteiger partial charge >= 0.3 is 5.97 Å². The van der Waals surface area contributed by atoms with Crippen molar-refractivity contribution in [2.45, 2.75) is 53.1 Å². The number of esters is 1. The van der Waals surface area contributed by atoms with Crippen molar-refractivity contribution in [3.8, 4) is 0 Å². The highest BCUT2D eigenvalue weighted by molar-refractivity contribution is 5.93. The summed E-state index contributed by atoms with van der Waals surface area (Å²) in [5.41, 5.74) is 2.74. The number of hydrogen-bond acceptors (Lipinski definition) is 6. The molecule has 0 aromatic heterocycles. The lowest BCUT2D eigenvalue weighted by molar-refractivity contribution is -0.158. The second-order valence-electron chi connectivity index (χ2n) is 8.50. The highest BCUT2D eigenvalue weighted by Gasteiger charge is 2.24. The minimum absolute atomic E-state index is 0.0241. The van der Waals surface area contributed by atoms with Gasteiger partial charge in [0.1, 0.15) is 6.10 Å². The summed E-state index contributed by atoms with van der Waals surface area (Å²) in [7, 11) is 0. The van der Waals surface area contributed by atoms with Gasteiger partial charge in [0.05, 0.1) is 19.8 Å². The molecule has 0 spiro atoms. The maximum atomic E-state index is 12.2. The lowest BCUT2D eigenvalue weighted by Gasteiger charge is -2.25. The minimum Gasteiger partial charge on any atom is -0.457 e. The summed E-state index contributed by atoms with van der Waals surface area (Å²) in [5, 5.41) is 0. The first-order valence-corrected chi connectivity index (χ1v) is 12.5. The zero-order valence-corrected chi connectivity index (χ0v) is 21.9. The highest BCUT2D eigenvalue weighted by Crippen LogP contribution is 2.14. The molecule has 0 saturated carbocycles. The maximum Gasteiger partial charge on any atom is 0.303 e. The zero-order valence-electron chi connectivity index (χ0n) is 21.9. The number of rotatable bonds is 16. The molecule has 0 radical (unpaired) electrons. The summed E-state index contributed by atoms with van der Waals surface area (Å²) in [6.07, 6.45) is 4.23. The lowest BCUT2D eigenvalue weighted by Crippen LogP contribution is -2.35. The molecule has 0 aliphatic rings. The number of carbonyl (C=O) groups is 2. The van der Waals surface area contributed by atoms with E-state index >= 15 is 0 Å². The van der Waals surface area contributed by atoms with Crippen molar-refractivity contribution in [1.82, 2.24) is 4.90 Å². The molecule has 6 nitrogen and oxygen atoms in total. The first-order chi connectivity index (χ1) is 17.4. The van der Waals surface area contributed by atoms with E-state index < -0.39 is 18.2 Å². The Labute approximate surface area is 215 Å². The molecule has 2 atom stereocenters. The Kier molecular flexibility index (Phi) is 13.4. The molecule has 0 heterocycles. The number of carbonyl (C=O) groups excluding carboxylic acids is 2. The fourth-order valence-electron chi connectivity index (χ4n) is 3.58. The van der Waals surface area contributed by atoms with Crippen molar-refractivity contribution in [2.24, 2.45) is 0 Å². The number of allylic oxidation sites excluding steroid dienone is 2. The Bertz CT molecular complexity index is 967. The summed E-state index contributed by atoms with van der Waals surface area (Å²) >= 11 is 0. The number of benzene rings is 2. The van der Waals surface area contributed by atoms with Gasteiger partial charge in [-0.05, 0) is 31.1 Å². The van der Waals surface area contributed by atoms with Crippen LogP contribution in [-0.2, 0) is 37.0 Å². The Morgan fingerprint density at radius 3 is 2.00 bits per heavy atom. The lowest BCUT2D eigenvalue weighted by atomic mass is 10.1. The van der Waals surface area contributed by atoms with Gasteiger partial charge in [-0.2, -0.15) is 0 Å². The third-order valence-corrected chi connectivity index (χ3v) is 5.70. The molecule has 2 aromatic carbocycles. The molecule has 6 heteroatoms. The summed E-state index contributed by atoms with van der Waals surface area (Å²) in [6, 6.07) is 19.6. The van der Waals surface area contributed by atoms with E-state index in [4.69, 9.17) is 14.2 Å². The van der Waals surface area contributed by atoms with Gasteiger partial charge in [0.2, 0.25) is 0 Å². The van der Waals surface area contributed by atoms with Gasteiger partial charge in [-0.3, -0.25) is 14.5 Å². The molecule has 2 aromatic rings. The number of Topliss-reactive ketones (excluding diaryl/α,β-unsaturated/α-hetero) is 1. The van der Waals surface area contributed by atoms with Gasteiger partial charge in [0.25, 0.3) is 0 Å². The topological polar surface area (TPSA) is 65.1 Å². The Morgan fingerprint density at radius 1 is 0.889 bits per heavy atom. The fourth-order valence-corrected chi connectivity index (χ4v) is 3.58. The van der Waals surface area contributed by atoms with Gasteiger partial charge in [-0.1, -0.05) is 92.7 Å². The van der Waals surface area contributed by atoms with Crippen LogP contribution < -0.4 is 0 Å². The molecule has 2 rings (SSSR count). The fraction of sp³-hybridized carbons (Fsp3) is 0.400. The van der Waals surface area contributed by atoms with Crippen LogP contribution in [0.2, 0.25) is 0 Å². The first kappa shape index (κ1) is 29.2. The van der Waals surface area contributed by atoms with Gasteiger partial charge in [-0.25, -0.2) is 0 Å². The second kappa shape index (κ2) is 16.6. The van der Waals surface area contributed by atoms with Crippen LogP contribution in [0.25, 0.3) is 0 Å². The molecule has 0 saturated heterocycles. The van der Waals surface area contributed by atoms with Crippen LogP contribution in [0.15, 0.2) is 84.5 Å². The number of ketones is 1. The quantitative estimate of drug-likeness (QED) is 0.183. The third-order valence-electron chi connectivity index (χ3n) is 5.70. The predicted molar refractivity (Wildman–Crippen MR) is 142 cm³/mol. The third kappa shape index (κ3) is 11.1. The monoisotopic (exact) mass is 493 g/mol. The van der Waals surface area contributed by atoms with Crippen molar-refractivity contribution in [2.75, 3.05) is 26.2 Å². The van der Waals surface area contributed by atoms with E-state index in [1.54, 1.807) is 6.92 Å². The number of nitrogens with zero attached hydrogens (tertiary/aromatic N) is 1. The van der Waals surface area contributed by atoms with E-state index in [0.29, 0.717) is 25.3 Å². The van der Waals surface area contributed by atoms with Crippen LogP contribution in [0.4, 0.5) is 0 Å². The molecular formula is C30H39NO5. The van der Waals surface area contributed by atoms with Crippen molar-refractivity contribution < 1.29 is 23.8 Å². The molecule has 0 amide bonds. The van der Waals surface area contributed by atoms with Gasteiger partial charge < -0.3 is 14.2 Å². The Balaban J connectivity index is 2.20. The predicted octanol–water partition coefficient (Wildman–Crippen LogP) is 5.13. The second-order valence-corrected chi connectivity index (χ2v) is 8.50. The van der Waals surface area contributed by atoms with E-state index in [1.807, 2.05) is 78.9 Å². The smallest absolute Gasteiger partial charge is 0.303 e. The Hall–Kier alpha value is -3.06. The molecule has 36 heavy (non-hydrogen) atoms. The van der Waals surface area contributed by atoms with Crippen LogP contribution in [-0.4, -0.2) is 55.1 Å². The van der Waals surface area contributed by atoms with Crippen molar-refractivity contribution in [3.63, 3.8) is 0 Å². The normalized spacial score (nSPS) is 13.6. The first-order valence-electron chi connectivity index (χ1n) is 12.5. The molecule has 0 aliphatic carbocycles. The van der Waals surface area contributed by atoms with Gasteiger partial charge in [0.15, 0.2) is 11.9 Å².